The van der Waals surface area contributed by atoms with Crippen LogP contribution in [0.1, 0.15) is 19.3 Å². The number of ketones is 1. The van der Waals surface area contributed by atoms with Crippen molar-refractivity contribution in [3.05, 3.63) is 24.3 Å². The van der Waals surface area contributed by atoms with Crippen molar-refractivity contribution in [2.45, 2.75) is 19.3 Å². The predicted molar refractivity (Wildman–Crippen MR) is 73.3 cm³/mol. The number of Topliss-reactive ketones (excluding diaryl/α,β-unsaturated/α-hetero) is 1. The summed E-state index contributed by atoms with van der Waals surface area (Å²) in [6.07, 6.45) is 1.10. The van der Waals surface area contributed by atoms with Crippen molar-refractivity contribution in [3.63, 3.8) is 0 Å². The molecule has 1 aliphatic rings. The third kappa shape index (κ3) is 2.80. The van der Waals surface area contributed by atoms with Crippen molar-refractivity contribution < 1.29 is 14.3 Å². The van der Waals surface area contributed by atoms with Gasteiger partial charge in [-0.2, -0.15) is 5.26 Å². The van der Waals surface area contributed by atoms with Gasteiger partial charge < -0.3 is 9.64 Å². The zero-order valence-electron chi connectivity index (χ0n) is 11.3. The maximum Gasteiger partial charge on any atom is 0.237 e. The topological polar surface area (TPSA) is 70.4 Å². The molecular formula is C15H16N2O3. The highest BCUT2D eigenvalue weighted by atomic mass is 16.5. The van der Waals surface area contributed by atoms with Crippen LogP contribution >= 0.6 is 0 Å². The number of methoxy groups -OCH3 is 1. The SMILES string of the molecule is COc1ccc(N2CCC[C@H](C(=O)CC#N)C2=O)cc1. The van der Waals surface area contributed by atoms with Crippen molar-refractivity contribution >= 4 is 17.4 Å². The number of hydrogen-bond acceptors (Lipinski definition) is 4. The number of nitrogens with zero attached hydrogens (tertiary/aromatic N) is 2. The summed E-state index contributed by atoms with van der Waals surface area (Å²) in [6.45, 7) is 0.599. The van der Waals surface area contributed by atoms with Crippen LogP contribution in [-0.4, -0.2) is 25.3 Å². The first kappa shape index (κ1) is 14.1. The Kier molecular flexibility index (Phi) is 4.36. The van der Waals surface area contributed by atoms with Crippen LogP contribution in [0.25, 0.3) is 0 Å². The minimum atomic E-state index is -0.675. The molecule has 0 spiro atoms. The third-order valence-electron chi connectivity index (χ3n) is 3.46. The summed E-state index contributed by atoms with van der Waals surface area (Å²) in [5.74, 6) is -0.446. The highest BCUT2D eigenvalue weighted by molar-refractivity contribution is 6.09. The minimum absolute atomic E-state index is 0.202. The first-order valence-electron chi connectivity index (χ1n) is 6.52. The Balaban J connectivity index is 2.17. The summed E-state index contributed by atoms with van der Waals surface area (Å²) in [6, 6.07) is 8.98. The first-order valence-corrected chi connectivity index (χ1v) is 6.52. The molecule has 1 fully saturated rings. The molecule has 1 aliphatic heterocycles. The summed E-state index contributed by atoms with van der Waals surface area (Å²) >= 11 is 0. The lowest BCUT2D eigenvalue weighted by Crippen LogP contribution is -2.44. The molecule has 1 saturated heterocycles. The number of nitriles is 1. The molecular weight excluding hydrogens is 256 g/mol. The highest BCUT2D eigenvalue weighted by Gasteiger charge is 2.34. The molecule has 1 amide bonds. The number of anilines is 1. The number of hydrogen-bond donors (Lipinski definition) is 0. The van der Waals surface area contributed by atoms with Crippen molar-refractivity contribution in [3.8, 4) is 11.8 Å². The highest BCUT2D eigenvalue weighted by Crippen LogP contribution is 2.27. The van der Waals surface area contributed by atoms with E-state index in [1.54, 1.807) is 36.3 Å². The number of rotatable bonds is 4. The van der Waals surface area contributed by atoms with Gasteiger partial charge in [-0.15, -0.1) is 0 Å². The molecule has 104 valence electrons. The van der Waals surface area contributed by atoms with E-state index in [0.717, 1.165) is 17.9 Å². The van der Waals surface area contributed by atoms with Crippen LogP contribution in [0.15, 0.2) is 24.3 Å². The predicted octanol–water partition coefficient (Wildman–Crippen LogP) is 1.92. The maximum atomic E-state index is 12.4. The number of piperidine rings is 1. The monoisotopic (exact) mass is 272 g/mol. The molecule has 0 saturated carbocycles. The van der Waals surface area contributed by atoms with E-state index in [-0.39, 0.29) is 18.1 Å². The molecule has 0 N–H and O–H groups in total. The van der Waals surface area contributed by atoms with E-state index in [0.29, 0.717) is 13.0 Å². The van der Waals surface area contributed by atoms with Gasteiger partial charge in [0.2, 0.25) is 5.91 Å². The minimum Gasteiger partial charge on any atom is -0.497 e. The zero-order chi connectivity index (χ0) is 14.5. The van der Waals surface area contributed by atoms with Crippen LogP contribution in [0, 0.1) is 17.2 Å². The van der Waals surface area contributed by atoms with Crippen LogP contribution in [0.2, 0.25) is 0 Å². The first-order chi connectivity index (χ1) is 9.67. The Morgan fingerprint density at radius 2 is 2.15 bits per heavy atom. The Morgan fingerprint density at radius 1 is 1.45 bits per heavy atom. The van der Waals surface area contributed by atoms with Crippen LogP contribution in [0.4, 0.5) is 5.69 Å². The lowest BCUT2D eigenvalue weighted by molar-refractivity contribution is -0.133. The van der Waals surface area contributed by atoms with Crippen molar-refractivity contribution in [2.24, 2.45) is 5.92 Å². The molecule has 20 heavy (non-hydrogen) atoms. The lowest BCUT2D eigenvalue weighted by Gasteiger charge is -2.31. The van der Waals surface area contributed by atoms with E-state index in [2.05, 4.69) is 0 Å². The summed E-state index contributed by atoms with van der Waals surface area (Å²) in [4.78, 5) is 25.8. The molecule has 5 nitrogen and oxygen atoms in total. The summed E-state index contributed by atoms with van der Waals surface area (Å²) in [5.41, 5.74) is 0.755. The maximum absolute atomic E-state index is 12.4. The van der Waals surface area contributed by atoms with Gasteiger partial charge in [0.05, 0.1) is 25.5 Å². The fraction of sp³-hybridized carbons (Fsp3) is 0.400. The van der Waals surface area contributed by atoms with E-state index in [9.17, 15) is 9.59 Å². The van der Waals surface area contributed by atoms with Crippen LogP contribution < -0.4 is 9.64 Å². The number of amides is 1. The molecule has 1 aromatic carbocycles. The summed E-state index contributed by atoms with van der Waals surface area (Å²) < 4.78 is 5.08. The van der Waals surface area contributed by atoms with Gasteiger partial charge in [0.1, 0.15) is 5.75 Å². The second kappa shape index (κ2) is 6.20. The molecule has 0 radical (unpaired) electrons. The molecule has 1 atom stereocenters. The van der Waals surface area contributed by atoms with E-state index < -0.39 is 5.92 Å². The van der Waals surface area contributed by atoms with Gasteiger partial charge in [0, 0.05) is 12.2 Å². The second-order valence-corrected chi connectivity index (χ2v) is 4.68. The summed E-state index contributed by atoms with van der Waals surface area (Å²) in [5, 5.41) is 8.58. The Labute approximate surface area is 117 Å². The molecule has 0 unspecified atom stereocenters. The number of carbonyl (C=O) groups excluding carboxylic acids is 2. The molecule has 0 bridgehead atoms. The molecule has 0 aromatic heterocycles. The van der Waals surface area contributed by atoms with Gasteiger partial charge in [-0.3, -0.25) is 9.59 Å². The van der Waals surface area contributed by atoms with Gasteiger partial charge in [0.25, 0.3) is 0 Å². The average Bonchev–Trinajstić information content (AvgIpc) is 2.48. The van der Waals surface area contributed by atoms with Crippen LogP contribution in [0.3, 0.4) is 0 Å². The molecule has 2 rings (SSSR count). The van der Waals surface area contributed by atoms with Gasteiger partial charge in [-0.1, -0.05) is 0 Å². The van der Waals surface area contributed by atoms with Gasteiger partial charge in [-0.25, -0.2) is 0 Å². The van der Waals surface area contributed by atoms with Crippen molar-refractivity contribution in [1.29, 1.82) is 5.26 Å². The van der Waals surface area contributed by atoms with E-state index in [4.69, 9.17) is 10.00 Å². The molecule has 1 aromatic rings. The molecule has 0 aliphatic carbocycles. The summed E-state index contributed by atoms with van der Waals surface area (Å²) in [7, 11) is 1.58. The Hall–Kier alpha value is -2.35. The normalized spacial score (nSPS) is 18.5. The number of ether oxygens (including phenoxy) is 1. The van der Waals surface area contributed by atoms with E-state index in [1.807, 2.05) is 6.07 Å². The lowest BCUT2D eigenvalue weighted by atomic mass is 9.91. The van der Waals surface area contributed by atoms with Gasteiger partial charge in [0.15, 0.2) is 5.78 Å². The molecule has 1 heterocycles. The van der Waals surface area contributed by atoms with Crippen molar-refractivity contribution in [2.75, 3.05) is 18.6 Å². The average molecular weight is 272 g/mol. The largest absolute Gasteiger partial charge is 0.497 e. The Morgan fingerprint density at radius 3 is 2.75 bits per heavy atom. The number of benzene rings is 1. The number of carbonyl (C=O) groups is 2. The van der Waals surface area contributed by atoms with Gasteiger partial charge >= 0.3 is 0 Å². The fourth-order valence-corrected chi connectivity index (χ4v) is 2.39. The smallest absolute Gasteiger partial charge is 0.237 e. The third-order valence-corrected chi connectivity index (χ3v) is 3.46. The fourth-order valence-electron chi connectivity index (χ4n) is 2.39. The van der Waals surface area contributed by atoms with Gasteiger partial charge in [-0.05, 0) is 37.1 Å². The standard InChI is InChI=1S/C15H16N2O3/c1-20-12-6-4-11(5-7-12)17-10-2-3-13(15(17)19)14(18)8-9-16/h4-7,13H,2-3,8,10H2,1H3/t13-/m1/s1. The van der Waals surface area contributed by atoms with E-state index >= 15 is 0 Å². The Bertz CT molecular complexity index is 545. The quantitative estimate of drug-likeness (QED) is 0.785. The molecule has 5 heteroatoms. The van der Waals surface area contributed by atoms with Crippen molar-refractivity contribution in [1.82, 2.24) is 0 Å². The van der Waals surface area contributed by atoms with Crippen LogP contribution in [-0.2, 0) is 9.59 Å². The van der Waals surface area contributed by atoms with Crippen LogP contribution in [0.5, 0.6) is 5.75 Å². The zero-order valence-corrected chi connectivity index (χ0v) is 11.3. The second-order valence-electron chi connectivity index (χ2n) is 4.68. The van der Waals surface area contributed by atoms with E-state index in [1.165, 1.54) is 0 Å².